The monoisotopic (exact) mass is 688 g/mol. The van der Waals surface area contributed by atoms with Gasteiger partial charge in [-0.1, -0.05) is 54.1 Å². The third-order valence-corrected chi connectivity index (χ3v) is 8.49. The van der Waals surface area contributed by atoms with Crippen LogP contribution in [-0.4, -0.2) is 64.4 Å². The second kappa shape index (κ2) is 16.2. The number of carbonyl (C=O) groups is 3. The lowest BCUT2D eigenvalue weighted by Gasteiger charge is -2.27. The summed E-state index contributed by atoms with van der Waals surface area (Å²) in [6, 6.07) is 19.0. The van der Waals surface area contributed by atoms with Crippen LogP contribution in [-0.2, 0) is 20.8 Å². The van der Waals surface area contributed by atoms with Gasteiger partial charge in [0.1, 0.15) is 5.60 Å². The summed E-state index contributed by atoms with van der Waals surface area (Å²) in [6.07, 6.45) is 4.73. The van der Waals surface area contributed by atoms with Gasteiger partial charge in [0.15, 0.2) is 6.23 Å². The zero-order valence-electron chi connectivity index (χ0n) is 28.3. The molecular formula is C37H45ClN6O5. The smallest absolute Gasteiger partial charge is 0.410 e. The Hall–Kier alpha value is -4.61. The molecule has 3 amide bonds. The van der Waals surface area contributed by atoms with Gasteiger partial charge in [-0.2, -0.15) is 5.10 Å². The summed E-state index contributed by atoms with van der Waals surface area (Å²) in [5.41, 5.74) is 9.58. The molecule has 11 nitrogen and oxygen atoms in total. The summed E-state index contributed by atoms with van der Waals surface area (Å²) in [6.45, 7) is 7.46. The number of hydrogen-bond donors (Lipinski definition) is 3. The maximum Gasteiger partial charge on any atom is 0.410 e. The number of carbonyl (C=O) groups excluding carboxylic acids is 3. The molecule has 12 heteroatoms. The molecule has 3 aromatic carbocycles. The van der Waals surface area contributed by atoms with E-state index >= 15 is 0 Å². The molecule has 1 saturated heterocycles. The summed E-state index contributed by atoms with van der Waals surface area (Å²) in [5.74, 6) is -0.708. The van der Waals surface area contributed by atoms with Crippen LogP contribution in [0.1, 0.15) is 75.0 Å². The number of nitrogens with two attached hydrogens (primary N) is 1. The van der Waals surface area contributed by atoms with Crippen molar-refractivity contribution in [2.24, 2.45) is 5.73 Å². The van der Waals surface area contributed by atoms with Crippen molar-refractivity contribution in [3.63, 3.8) is 0 Å². The van der Waals surface area contributed by atoms with Crippen molar-refractivity contribution >= 4 is 46.1 Å². The topological polar surface area (TPSA) is 141 Å². The van der Waals surface area contributed by atoms with Crippen LogP contribution >= 0.6 is 11.6 Å². The van der Waals surface area contributed by atoms with Crippen LogP contribution in [0.25, 0.3) is 22.0 Å². The van der Waals surface area contributed by atoms with Gasteiger partial charge in [-0.05, 0) is 75.8 Å². The third-order valence-electron chi connectivity index (χ3n) is 8.17. The molecule has 4 N–H and O–H groups in total. The molecule has 260 valence electrons. The predicted octanol–water partition coefficient (Wildman–Crippen LogP) is 6.90. The van der Waals surface area contributed by atoms with E-state index in [2.05, 4.69) is 15.7 Å². The Morgan fingerprint density at radius 2 is 1.88 bits per heavy atom. The summed E-state index contributed by atoms with van der Waals surface area (Å²) < 4.78 is 13.4. The van der Waals surface area contributed by atoms with Crippen molar-refractivity contribution in [1.82, 2.24) is 20.0 Å². The lowest BCUT2D eigenvalue weighted by molar-refractivity contribution is -0.121. The molecule has 1 unspecified atom stereocenters. The molecule has 1 aliphatic rings. The zero-order valence-corrected chi connectivity index (χ0v) is 29.1. The molecule has 2 heterocycles. The first-order valence-electron chi connectivity index (χ1n) is 16.7. The molecule has 1 aromatic heterocycles. The Kier molecular flexibility index (Phi) is 11.8. The number of anilines is 1. The minimum absolute atomic E-state index is 0.103. The van der Waals surface area contributed by atoms with E-state index in [1.807, 2.05) is 74.0 Å². The Labute approximate surface area is 292 Å². The Bertz CT molecular complexity index is 1760. The predicted molar refractivity (Wildman–Crippen MR) is 191 cm³/mol. The average Bonchev–Trinajstić information content (AvgIpc) is 3.51. The van der Waals surface area contributed by atoms with Gasteiger partial charge in [-0.25, -0.2) is 9.48 Å². The largest absolute Gasteiger partial charge is 0.444 e. The second-order valence-corrected chi connectivity index (χ2v) is 13.6. The third kappa shape index (κ3) is 9.73. The van der Waals surface area contributed by atoms with Crippen molar-refractivity contribution in [3.05, 3.63) is 83.0 Å². The standard InChI is InChI=1S/C37H45ClN6O5/c1-37(2,3)49-36(47)43(24-25-13-14-28(30(38)20-25)26-10-5-4-6-11-26)18-15-33(45)41-17-9-16-40-31-21-27(35(39)46)22-32-29(31)23-42-44(32)34-12-7-8-19-48-34/h4-6,10-11,13-14,20-23,34,40H,7-9,12,15-19,24H2,1-3H3,(H2,39,46)(H,41,45). The minimum atomic E-state index is -0.690. The van der Waals surface area contributed by atoms with Gasteiger partial charge >= 0.3 is 6.09 Å². The van der Waals surface area contributed by atoms with Gasteiger partial charge < -0.3 is 30.7 Å². The number of fused-ring (bicyclic) bond motifs is 1. The summed E-state index contributed by atoms with van der Waals surface area (Å²) in [5, 5.41) is 12.3. The first-order valence-corrected chi connectivity index (χ1v) is 17.1. The molecule has 5 rings (SSSR count). The van der Waals surface area contributed by atoms with Gasteiger partial charge in [0.2, 0.25) is 11.8 Å². The summed E-state index contributed by atoms with van der Waals surface area (Å²) >= 11 is 6.63. The van der Waals surface area contributed by atoms with E-state index in [1.165, 1.54) is 4.90 Å². The van der Waals surface area contributed by atoms with Crippen LogP contribution in [0.5, 0.6) is 0 Å². The number of halogens is 1. The van der Waals surface area contributed by atoms with Crippen LogP contribution < -0.4 is 16.4 Å². The molecule has 0 radical (unpaired) electrons. The number of amides is 3. The lowest BCUT2D eigenvalue weighted by atomic mass is 10.0. The highest BCUT2D eigenvalue weighted by molar-refractivity contribution is 6.33. The molecule has 1 atom stereocenters. The molecule has 0 spiro atoms. The average molecular weight is 689 g/mol. The quantitative estimate of drug-likeness (QED) is 0.130. The van der Waals surface area contributed by atoms with Gasteiger partial charge in [0.25, 0.3) is 0 Å². The Balaban J connectivity index is 1.15. The number of nitrogens with one attached hydrogen (secondary N) is 2. The van der Waals surface area contributed by atoms with Crippen LogP contribution in [0.4, 0.5) is 10.5 Å². The molecule has 0 saturated carbocycles. The number of ether oxygens (including phenoxy) is 2. The molecule has 49 heavy (non-hydrogen) atoms. The number of benzene rings is 3. The molecule has 1 aliphatic heterocycles. The van der Waals surface area contributed by atoms with Crippen molar-refractivity contribution in [3.8, 4) is 11.1 Å². The number of nitrogens with zero attached hydrogens (tertiary/aromatic N) is 3. The molecule has 0 bridgehead atoms. The van der Waals surface area contributed by atoms with Crippen molar-refractivity contribution < 1.29 is 23.9 Å². The number of rotatable bonds is 13. The van der Waals surface area contributed by atoms with E-state index in [-0.39, 0.29) is 31.6 Å². The van der Waals surface area contributed by atoms with E-state index in [0.29, 0.717) is 36.7 Å². The van der Waals surface area contributed by atoms with E-state index in [9.17, 15) is 14.4 Å². The fourth-order valence-electron chi connectivity index (χ4n) is 5.73. The maximum absolute atomic E-state index is 13.1. The Morgan fingerprint density at radius 3 is 2.57 bits per heavy atom. The van der Waals surface area contributed by atoms with Gasteiger partial charge in [0, 0.05) is 66.4 Å². The van der Waals surface area contributed by atoms with Crippen molar-refractivity contribution in [1.29, 1.82) is 0 Å². The van der Waals surface area contributed by atoms with Gasteiger partial charge in [-0.15, -0.1) is 0 Å². The highest BCUT2D eigenvalue weighted by Crippen LogP contribution is 2.31. The molecular weight excluding hydrogens is 644 g/mol. The second-order valence-electron chi connectivity index (χ2n) is 13.2. The number of primary amides is 1. The van der Waals surface area contributed by atoms with Crippen molar-refractivity contribution in [2.45, 2.75) is 71.2 Å². The van der Waals surface area contributed by atoms with Crippen molar-refractivity contribution in [2.75, 3.05) is 31.6 Å². The van der Waals surface area contributed by atoms with E-state index in [1.54, 1.807) is 18.3 Å². The zero-order chi connectivity index (χ0) is 35.0. The first kappa shape index (κ1) is 35.7. The number of aromatic nitrogens is 2. The van der Waals surface area contributed by atoms with E-state index in [4.69, 9.17) is 26.8 Å². The summed E-state index contributed by atoms with van der Waals surface area (Å²) in [7, 11) is 0. The van der Waals surface area contributed by atoms with Crippen LogP contribution in [0.2, 0.25) is 5.02 Å². The van der Waals surface area contributed by atoms with Crippen LogP contribution in [0.15, 0.2) is 66.9 Å². The van der Waals surface area contributed by atoms with E-state index < -0.39 is 17.6 Å². The maximum atomic E-state index is 13.1. The highest BCUT2D eigenvalue weighted by Gasteiger charge is 2.24. The molecule has 4 aromatic rings. The number of hydrogen-bond acceptors (Lipinski definition) is 7. The Morgan fingerprint density at radius 1 is 1.08 bits per heavy atom. The highest BCUT2D eigenvalue weighted by atomic mass is 35.5. The molecule has 1 fully saturated rings. The van der Waals surface area contributed by atoms with E-state index in [0.717, 1.165) is 52.5 Å². The lowest BCUT2D eigenvalue weighted by Crippen LogP contribution is -2.39. The fourth-order valence-corrected chi connectivity index (χ4v) is 6.05. The van der Waals surface area contributed by atoms with Gasteiger partial charge in [-0.3, -0.25) is 9.59 Å². The normalized spacial score (nSPS) is 14.7. The SMILES string of the molecule is CC(C)(C)OC(=O)N(CCC(=O)NCCCNc1cc(C(N)=O)cc2c1cnn2C1CCCCO1)Cc1ccc(-c2ccccc2)c(Cl)c1. The first-order chi connectivity index (χ1) is 23.5. The minimum Gasteiger partial charge on any atom is -0.444 e. The summed E-state index contributed by atoms with van der Waals surface area (Å²) in [4.78, 5) is 39.6. The van der Waals surface area contributed by atoms with Crippen LogP contribution in [0.3, 0.4) is 0 Å². The van der Waals surface area contributed by atoms with Gasteiger partial charge in [0.05, 0.1) is 11.7 Å². The van der Waals surface area contributed by atoms with Crippen LogP contribution in [0, 0.1) is 0 Å². The molecule has 0 aliphatic carbocycles. The fraction of sp³-hybridized carbons (Fsp3) is 0.405.